The fraction of sp³-hybridized carbons (Fsp3) is 0.455. The zero-order chi connectivity index (χ0) is 11.3. The molecule has 15 heavy (non-hydrogen) atoms. The molecule has 0 N–H and O–H groups in total. The summed E-state index contributed by atoms with van der Waals surface area (Å²) < 4.78 is 0. The van der Waals surface area contributed by atoms with Gasteiger partial charge >= 0.3 is 0 Å². The van der Waals surface area contributed by atoms with Crippen molar-refractivity contribution in [2.45, 2.75) is 6.42 Å². The van der Waals surface area contributed by atoms with E-state index >= 15 is 0 Å². The molecule has 0 atom stereocenters. The fourth-order valence-corrected chi connectivity index (χ4v) is 2.08. The normalized spacial score (nSPS) is 11.0. The number of halogens is 3. The molecule has 0 amide bonds. The smallest absolute Gasteiger partial charge is 0.0453 e. The van der Waals surface area contributed by atoms with E-state index < -0.39 is 0 Å². The standard InChI is InChI=1S/C11H14Cl3N/c1-15(7-5-12)6-4-9-2-3-10(13)8-11(9)14/h2-3,8H,4-7H2,1H3. The van der Waals surface area contributed by atoms with Crippen molar-refractivity contribution in [1.29, 1.82) is 0 Å². The summed E-state index contributed by atoms with van der Waals surface area (Å²) in [5.74, 6) is 0.658. The Balaban J connectivity index is 2.50. The van der Waals surface area contributed by atoms with Crippen LogP contribution in [0.1, 0.15) is 5.56 Å². The van der Waals surface area contributed by atoms with Crippen LogP contribution in [0.2, 0.25) is 10.0 Å². The van der Waals surface area contributed by atoms with Crippen LogP contribution in [-0.2, 0) is 6.42 Å². The zero-order valence-electron chi connectivity index (χ0n) is 8.64. The lowest BCUT2D eigenvalue weighted by Crippen LogP contribution is -2.23. The Morgan fingerprint density at radius 3 is 2.53 bits per heavy atom. The summed E-state index contributed by atoms with van der Waals surface area (Å²) >= 11 is 17.5. The lowest BCUT2D eigenvalue weighted by atomic mass is 10.1. The lowest BCUT2D eigenvalue weighted by Gasteiger charge is -2.15. The van der Waals surface area contributed by atoms with E-state index in [1.165, 1.54) is 0 Å². The average Bonchev–Trinajstić information content (AvgIpc) is 2.17. The van der Waals surface area contributed by atoms with Gasteiger partial charge in [-0.3, -0.25) is 0 Å². The Hall–Kier alpha value is 0.0500. The van der Waals surface area contributed by atoms with Gasteiger partial charge in [-0.25, -0.2) is 0 Å². The van der Waals surface area contributed by atoms with Gasteiger partial charge in [-0.15, -0.1) is 11.6 Å². The fourth-order valence-electron chi connectivity index (χ4n) is 1.29. The zero-order valence-corrected chi connectivity index (χ0v) is 10.9. The molecule has 1 aromatic rings. The van der Waals surface area contributed by atoms with E-state index in [1.54, 1.807) is 6.07 Å². The topological polar surface area (TPSA) is 3.24 Å². The van der Waals surface area contributed by atoms with Crippen LogP contribution in [0.4, 0.5) is 0 Å². The van der Waals surface area contributed by atoms with Gasteiger partial charge in [0.25, 0.3) is 0 Å². The number of rotatable bonds is 5. The Morgan fingerprint density at radius 1 is 1.20 bits per heavy atom. The maximum absolute atomic E-state index is 6.06. The van der Waals surface area contributed by atoms with E-state index in [9.17, 15) is 0 Å². The third kappa shape index (κ3) is 4.60. The Bertz CT molecular complexity index is 315. The molecule has 0 spiro atoms. The van der Waals surface area contributed by atoms with Crippen LogP contribution in [0.15, 0.2) is 18.2 Å². The first kappa shape index (κ1) is 13.1. The third-order valence-corrected chi connectivity index (χ3v) is 3.00. The van der Waals surface area contributed by atoms with Crippen molar-refractivity contribution < 1.29 is 0 Å². The van der Waals surface area contributed by atoms with Crippen molar-refractivity contribution in [2.24, 2.45) is 0 Å². The molecule has 1 rings (SSSR count). The summed E-state index contributed by atoms with van der Waals surface area (Å²) in [7, 11) is 2.05. The van der Waals surface area contributed by atoms with Crippen molar-refractivity contribution in [3.63, 3.8) is 0 Å². The van der Waals surface area contributed by atoms with Crippen molar-refractivity contribution in [3.05, 3.63) is 33.8 Å². The van der Waals surface area contributed by atoms with Gasteiger partial charge in [-0.2, -0.15) is 0 Å². The van der Waals surface area contributed by atoms with Crippen LogP contribution >= 0.6 is 34.8 Å². The number of hydrogen-bond acceptors (Lipinski definition) is 1. The molecule has 0 bridgehead atoms. The summed E-state index contributed by atoms with van der Waals surface area (Å²) in [6.45, 7) is 1.85. The second-order valence-corrected chi connectivity index (χ2v) is 4.70. The van der Waals surface area contributed by atoms with Gasteiger partial charge in [0, 0.05) is 29.0 Å². The third-order valence-electron chi connectivity index (χ3n) is 2.24. The highest BCUT2D eigenvalue weighted by molar-refractivity contribution is 6.35. The van der Waals surface area contributed by atoms with Crippen molar-refractivity contribution in [3.8, 4) is 0 Å². The molecule has 0 aliphatic rings. The molecule has 0 fully saturated rings. The van der Waals surface area contributed by atoms with E-state index in [4.69, 9.17) is 34.8 Å². The molecule has 1 aromatic carbocycles. The minimum Gasteiger partial charge on any atom is -0.305 e. The SMILES string of the molecule is CN(CCCl)CCc1ccc(Cl)cc1Cl. The number of hydrogen-bond donors (Lipinski definition) is 0. The van der Waals surface area contributed by atoms with E-state index in [0.717, 1.165) is 30.1 Å². The molecule has 4 heteroatoms. The quantitative estimate of drug-likeness (QED) is 0.735. The van der Waals surface area contributed by atoms with Crippen LogP contribution in [0.5, 0.6) is 0 Å². The highest BCUT2D eigenvalue weighted by atomic mass is 35.5. The largest absolute Gasteiger partial charge is 0.305 e. The van der Waals surface area contributed by atoms with E-state index in [-0.39, 0.29) is 0 Å². The van der Waals surface area contributed by atoms with Gasteiger partial charge in [-0.1, -0.05) is 29.3 Å². The van der Waals surface area contributed by atoms with Crippen LogP contribution in [0, 0.1) is 0 Å². The van der Waals surface area contributed by atoms with Crippen molar-refractivity contribution >= 4 is 34.8 Å². The van der Waals surface area contributed by atoms with Crippen LogP contribution in [0.25, 0.3) is 0 Å². The van der Waals surface area contributed by atoms with Crippen LogP contribution in [-0.4, -0.2) is 30.9 Å². The summed E-state index contributed by atoms with van der Waals surface area (Å²) in [6.07, 6.45) is 0.920. The molecular formula is C11H14Cl3N. The summed E-state index contributed by atoms with van der Waals surface area (Å²) in [5, 5.41) is 1.42. The van der Waals surface area contributed by atoms with Gasteiger partial charge in [0.2, 0.25) is 0 Å². The predicted octanol–water partition coefficient (Wildman–Crippen LogP) is 3.71. The van der Waals surface area contributed by atoms with Gasteiger partial charge in [0.05, 0.1) is 0 Å². The second kappa shape index (κ2) is 6.59. The molecule has 0 aliphatic heterocycles. The first-order valence-electron chi connectivity index (χ1n) is 4.82. The minimum absolute atomic E-state index is 0.658. The number of likely N-dealkylation sites (N-methyl/N-ethyl adjacent to an activating group) is 1. The summed E-state index contributed by atoms with van der Waals surface area (Å²) in [6, 6.07) is 5.61. The van der Waals surface area contributed by atoms with Crippen molar-refractivity contribution in [1.82, 2.24) is 4.90 Å². The molecule has 0 radical (unpaired) electrons. The van der Waals surface area contributed by atoms with Crippen LogP contribution in [0.3, 0.4) is 0 Å². The molecule has 0 unspecified atom stereocenters. The first-order chi connectivity index (χ1) is 7.13. The van der Waals surface area contributed by atoms with Crippen molar-refractivity contribution in [2.75, 3.05) is 26.0 Å². The number of benzene rings is 1. The predicted molar refractivity (Wildman–Crippen MR) is 68.4 cm³/mol. The molecule has 0 saturated heterocycles. The lowest BCUT2D eigenvalue weighted by molar-refractivity contribution is 0.359. The van der Waals surface area contributed by atoms with E-state index in [0.29, 0.717) is 10.9 Å². The number of nitrogens with zero attached hydrogens (tertiary/aromatic N) is 1. The molecule has 1 nitrogen and oxygen atoms in total. The highest BCUT2D eigenvalue weighted by Crippen LogP contribution is 2.21. The summed E-state index contributed by atoms with van der Waals surface area (Å²) in [5.41, 5.74) is 1.13. The van der Waals surface area contributed by atoms with Crippen LogP contribution < -0.4 is 0 Å². The Labute approximate surface area is 106 Å². The average molecular weight is 267 g/mol. The maximum Gasteiger partial charge on any atom is 0.0453 e. The summed E-state index contributed by atoms with van der Waals surface area (Å²) in [4.78, 5) is 2.18. The molecule has 0 saturated carbocycles. The molecule has 84 valence electrons. The number of alkyl halides is 1. The highest BCUT2D eigenvalue weighted by Gasteiger charge is 2.03. The molecule has 0 aliphatic carbocycles. The molecular weight excluding hydrogens is 252 g/mol. The Kier molecular flexibility index (Phi) is 5.77. The molecule has 0 aromatic heterocycles. The first-order valence-corrected chi connectivity index (χ1v) is 6.11. The second-order valence-electron chi connectivity index (χ2n) is 3.48. The monoisotopic (exact) mass is 265 g/mol. The van der Waals surface area contributed by atoms with Gasteiger partial charge in [0.15, 0.2) is 0 Å². The van der Waals surface area contributed by atoms with Gasteiger partial charge in [0.1, 0.15) is 0 Å². The van der Waals surface area contributed by atoms with E-state index in [1.807, 2.05) is 19.2 Å². The Morgan fingerprint density at radius 2 is 1.93 bits per heavy atom. The van der Waals surface area contributed by atoms with E-state index in [2.05, 4.69) is 4.90 Å². The van der Waals surface area contributed by atoms with Gasteiger partial charge < -0.3 is 4.90 Å². The maximum atomic E-state index is 6.06. The minimum atomic E-state index is 0.658. The molecule has 0 heterocycles. The van der Waals surface area contributed by atoms with Gasteiger partial charge in [-0.05, 0) is 31.2 Å².